The molecule has 30 heavy (non-hydrogen) atoms. The number of aryl methyl sites for hydroxylation is 1. The number of imidazole rings is 1. The van der Waals surface area contributed by atoms with Crippen LogP contribution in [-0.2, 0) is 18.3 Å². The van der Waals surface area contributed by atoms with E-state index in [2.05, 4.69) is 31.2 Å². The smallest absolute Gasteiger partial charge is 0.208 e. The van der Waals surface area contributed by atoms with E-state index in [9.17, 15) is 4.79 Å². The van der Waals surface area contributed by atoms with E-state index in [1.165, 1.54) is 0 Å². The molecule has 0 saturated heterocycles. The van der Waals surface area contributed by atoms with Crippen LogP contribution in [0.3, 0.4) is 0 Å². The molecule has 0 unspecified atom stereocenters. The molecule has 0 spiro atoms. The van der Waals surface area contributed by atoms with Crippen LogP contribution in [0.4, 0.5) is 11.6 Å². The molecule has 4 aromatic rings. The van der Waals surface area contributed by atoms with Crippen LogP contribution in [0.25, 0.3) is 11.0 Å². The third kappa shape index (κ3) is 4.50. The summed E-state index contributed by atoms with van der Waals surface area (Å²) in [6.07, 6.45) is 1.81. The van der Waals surface area contributed by atoms with E-state index >= 15 is 0 Å². The molecule has 3 N–H and O–H groups in total. The number of fused-ring (bicyclic) bond motifs is 1. The highest BCUT2D eigenvalue weighted by molar-refractivity contribution is 9.10. The SMILES string of the molecule is Cn1c(Nc2ccc(Br)cc2)nc2cc(Oc3ccnc(CC(=O)CN)c3)ccc21. The van der Waals surface area contributed by atoms with Crippen molar-refractivity contribution in [3.63, 3.8) is 0 Å². The standard InChI is InChI=1S/C22H20BrN5O2/c1-28-21-7-6-18(30-19-8-9-25-16(11-19)10-17(29)13-24)12-20(21)27-22(28)26-15-4-2-14(23)3-5-15/h2-9,11-12H,10,13,24H2,1H3,(H,26,27). The second-order valence-corrected chi connectivity index (χ2v) is 7.70. The quantitative estimate of drug-likeness (QED) is 0.421. The molecule has 0 radical (unpaired) electrons. The summed E-state index contributed by atoms with van der Waals surface area (Å²) in [7, 11) is 1.96. The first-order chi connectivity index (χ1) is 14.5. The lowest BCUT2D eigenvalue weighted by Crippen LogP contribution is -2.16. The highest BCUT2D eigenvalue weighted by Crippen LogP contribution is 2.28. The van der Waals surface area contributed by atoms with Crippen LogP contribution in [0.1, 0.15) is 5.69 Å². The summed E-state index contributed by atoms with van der Waals surface area (Å²) in [4.78, 5) is 20.4. The molecule has 2 aromatic carbocycles. The lowest BCUT2D eigenvalue weighted by atomic mass is 10.2. The zero-order chi connectivity index (χ0) is 21.1. The van der Waals surface area contributed by atoms with Gasteiger partial charge in [0.1, 0.15) is 11.5 Å². The number of hydrogen-bond donors (Lipinski definition) is 2. The van der Waals surface area contributed by atoms with E-state index in [4.69, 9.17) is 10.5 Å². The summed E-state index contributed by atoms with van der Waals surface area (Å²) in [5.74, 6) is 1.92. The number of carbonyl (C=O) groups excluding carboxylic acids is 1. The summed E-state index contributed by atoms with van der Waals surface area (Å²) >= 11 is 3.44. The van der Waals surface area contributed by atoms with Gasteiger partial charge in [-0.1, -0.05) is 15.9 Å². The first-order valence-electron chi connectivity index (χ1n) is 9.35. The molecule has 4 rings (SSSR count). The van der Waals surface area contributed by atoms with Gasteiger partial charge in [-0.2, -0.15) is 0 Å². The molecule has 7 nitrogen and oxygen atoms in total. The molecule has 0 amide bonds. The Morgan fingerprint density at radius 3 is 2.67 bits per heavy atom. The molecule has 0 aliphatic heterocycles. The van der Waals surface area contributed by atoms with Crippen molar-refractivity contribution in [2.75, 3.05) is 11.9 Å². The Labute approximate surface area is 182 Å². The van der Waals surface area contributed by atoms with Gasteiger partial charge in [-0.05, 0) is 42.5 Å². The Kier molecular flexibility index (Phi) is 5.78. The molecule has 0 bridgehead atoms. The van der Waals surface area contributed by atoms with Gasteiger partial charge in [0.15, 0.2) is 5.78 Å². The van der Waals surface area contributed by atoms with Crippen LogP contribution in [0.15, 0.2) is 65.3 Å². The summed E-state index contributed by atoms with van der Waals surface area (Å²) in [6.45, 7) is -0.000265. The van der Waals surface area contributed by atoms with Crippen LogP contribution < -0.4 is 15.8 Å². The maximum atomic E-state index is 11.6. The third-order valence-electron chi connectivity index (χ3n) is 4.58. The van der Waals surface area contributed by atoms with Crippen molar-refractivity contribution in [3.8, 4) is 11.5 Å². The maximum Gasteiger partial charge on any atom is 0.208 e. The molecule has 0 aliphatic rings. The summed E-state index contributed by atoms with van der Waals surface area (Å²) in [5.41, 5.74) is 8.74. The number of hydrogen-bond acceptors (Lipinski definition) is 6. The predicted octanol–water partition coefficient (Wildman–Crippen LogP) is 4.34. The van der Waals surface area contributed by atoms with Crippen LogP contribution >= 0.6 is 15.9 Å². The molecule has 0 aliphatic carbocycles. The van der Waals surface area contributed by atoms with E-state index < -0.39 is 0 Å². The molecule has 2 heterocycles. The topological polar surface area (TPSA) is 95.1 Å². The zero-order valence-corrected chi connectivity index (χ0v) is 17.9. The van der Waals surface area contributed by atoms with Crippen molar-refractivity contribution in [3.05, 3.63) is 71.0 Å². The molecule has 0 saturated carbocycles. The van der Waals surface area contributed by atoms with Gasteiger partial charge < -0.3 is 20.4 Å². The molecule has 8 heteroatoms. The Balaban J connectivity index is 1.56. The number of benzene rings is 2. The highest BCUT2D eigenvalue weighted by Gasteiger charge is 2.10. The number of carbonyl (C=O) groups is 1. The minimum Gasteiger partial charge on any atom is -0.457 e. The van der Waals surface area contributed by atoms with Crippen LogP contribution in [-0.4, -0.2) is 26.9 Å². The largest absolute Gasteiger partial charge is 0.457 e. The van der Waals surface area contributed by atoms with Crippen molar-refractivity contribution in [2.45, 2.75) is 6.42 Å². The van der Waals surface area contributed by atoms with Crippen molar-refractivity contribution < 1.29 is 9.53 Å². The number of anilines is 2. The molecule has 0 atom stereocenters. The molecule has 0 fully saturated rings. The minimum absolute atomic E-state index is 0.000265. The van der Waals surface area contributed by atoms with Crippen molar-refractivity contribution in [2.24, 2.45) is 12.8 Å². The Morgan fingerprint density at radius 2 is 1.90 bits per heavy atom. The van der Waals surface area contributed by atoms with Crippen LogP contribution in [0, 0.1) is 0 Å². The Hall–Kier alpha value is -3.23. The number of pyridine rings is 1. The van der Waals surface area contributed by atoms with Gasteiger partial charge in [0.05, 0.1) is 29.7 Å². The van der Waals surface area contributed by atoms with Crippen molar-refractivity contribution in [1.82, 2.24) is 14.5 Å². The monoisotopic (exact) mass is 465 g/mol. The van der Waals surface area contributed by atoms with Gasteiger partial charge in [0, 0.05) is 35.5 Å². The van der Waals surface area contributed by atoms with Gasteiger partial charge in [-0.15, -0.1) is 0 Å². The second-order valence-electron chi connectivity index (χ2n) is 6.78. The number of ether oxygens (including phenoxy) is 1. The van der Waals surface area contributed by atoms with Gasteiger partial charge in [-0.25, -0.2) is 4.98 Å². The fraction of sp³-hybridized carbons (Fsp3) is 0.136. The van der Waals surface area contributed by atoms with Crippen molar-refractivity contribution in [1.29, 1.82) is 0 Å². The van der Waals surface area contributed by atoms with Gasteiger partial charge in [0.25, 0.3) is 0 Å². The predicted molar refractivity (Wildman–Crippen MR) is 120 cm³/mol. The van der Waals surface area contributed by atoms with E-state index in [1.54, 1.807) is 18.3 Å². The summed E-state index contributed by atoms with van der Waals surface area (Å²) < 4.78 is 8.98. The molecular formula is C22H20BrN5O2. The average molecular weight is 466 g/mol. The number of nitrogens with zero attached hydrogens (tertiary/aromatic N) is 3. The lowest BCUT2D eigenvalue weighted by Gasteiger charge is -2.07. The first kappa shape index (κ1) is 20.1. The Bertz CT molecular complexity index is 1200. The number of ketones is 1. The third-order valence-corrected chi connectivity index (χ3v) is 5.11. The number of nitrogens with one attached hydrogen (secondary N) is 1. The number of rotatable bonds is 7. The molecule has 2 aromatic heterocycles. The summed E-state index contributed by atoms with van der Waals surface area (Å²) in [6, 6.07) is 17.1. The van der Waals surface area contributed by atoms with Gasteiger partial charge in [0.2, 0.25) is 5.95 Å². The first-order valence-corrected chi connectivity index (χ1v) is 10.1. The Morgan fingerprint density at radius 1 is 1.13 bits per heavy atom. The number of Topliss-reactive ketones (excluding diaryl/α,β-unsaturated/α-hetero) is 1. The maximum absolute atomic E-state index is 11.6. The van der Waals surface area contributed by atoms with Crippen LogP contribution in [0.2, 0.25) is 0 Å². The normalized spacial score (nSPS) is 10.9. The lowest BCUT2D eigenvalue weighted by molar-refractivity contribution is -0.117. The van der Waals surface area contributed by atoms with Crippen LogP contribution in [0.5, 0.6) is 11.5 Å². The minimum atomic E-state index is -0.0691. The van der Waals surface area contributed by atoms with E-state index in [1.807, 2.05) is 54.1 Å². The fourth-order valence-electron chi connectivity index (χ4n) is 3.04. The van der Waals surface area contributed by atoms with Crippen molar-refractivity contribution >= 4 is 44.4 Å². The summed E-state index contributed by atoms with van der Waals surface area (Å²) in [5, 5.41) is 3.33. The second kappa shape index (κ2) is 8.64. The van der Waals surface area contributed by atoms with E-state index in [0.717, 1.165) is 27.1 Å². The van der Waals surface area contributed by atoms with Gasteiger partial charge in [-0.3, -0.25) is 9.78 Å². The van der Waals surface area contributed by atoms with E-state index in [0.29, 0.717) is 17.2 Å². The van der Waals surface area contributed by atoms with Gasteiger partial charge >= 0.3 is 0 Å². The molecular weight excluding hydrogens is 446 g/mol. The zero-order valence-electron chi connectivity index (χ0n) is 16.3. The average Bonchev–Trinajstić information content (AvgIpc) is 3.04. The van der Waals surface area contributed by atoms with E-state index in [-0.39, 0.29) is 18.7 Å². The molecule has 152 valence electrons. The number of aromatic nitrogens is 3. The number of halogens is 1. The highest BCUT2D eigenvalue weighted by atomic mass is 79.9. The number of nitrogens with two attached hydrogens (primary N) is 1. The fourth-order valence-corrected chi connectivity index (χ4v) is 3.31.